The lowest BCUT2D eigenvalue weighted by Crippen LogP contribution is -2.40. The van der Waals surface area contributed by atoms with Crippen molar-refractivity contribution in [1.82, 2.24) is 0 Å². The highest BCUT2D eigenvalue weighted by atomic mass is 32.2. The van der Waals surface area contributed by atoms with Crippen LogP contribution < -0.4 is 9.04 Å². The van der Waals surface area contributed by atoms with Gasteiger partial charge in [0.25, 0.3) is 10.0 Å². The number of sulfonamides is 1. The molecule has 134 valence electrons. The lowest BCUT2D eigenvalue weighted by atomic mass is 10.2. The monoisotopic (exact) mass is 363 g/mol. The number of carboxylic acids is 1. The van der Waals surface area contributed by atoms with Crippen molar-refractivity contribution in [3.8, 4) is 5.75 Å². The fourth-order valence-electron chi connectivity index (χ4n) is 2.52. The fourth-order valence-corrected chi connectivity index (χ4v) is 4.17. The molecule has 2 aromatic carbocycles. The molecule has 7 heteroatoms. The van der Waals surface area contributed by atoms with E-state index in [9.17, 15) is 13.2 Å². The van der Waals surface area contributed by atoms with E-state index in [1.165, 1.54) is 19.2 Å². The number of carboxylic acid groups (broad SMARTS) is 1. The molecule has 0 aliphatic rings. The molecule has 0 saturated heterocycles. The second kappa shape index (κ2) is 7.57. The average molecular weight is 363 g/mol. The molecule has 0 aliphatic carbocycles. The minimum absolute atomic E-state index is 0.117. The number of anilines is 1. The van der Waals surface area contributed by atoms with Gasteiger partial charge in [0.1, 0.15) is 5.75 Å². The Bertz CT molecular complexity index is 829. The molecule has 1 N–H and O–H groups in total. The molecule has 6 nitrogen and oxygen atoms in total. The van der Waals surface area contributed by atoms with Crippen LogP contribution in [0.4, 0.5) is 5.69 Å². The Labute approximate surface area is 147 Å². The molecule has 0 aliphatic heterocycles. The summed E-state index contributed by atoms with van der Waals surface area (Å²) in [5.41, 5.74) is 1.32. The number of aryl methyl sites for hydroxylation is 1. The van der Waals surface area contributed by atoms with Crippen molar-refractivity contribution in [3.63, 3.8) is 0 Å². The second-order valence-corrected chi connectivity index (χ2v) is 7.57. The summed E-state index contributed by atoms with van der Waals surface area (Å²) < 4.78 is 32.5. The summed E-state index contributed by atoms with van der Waals surface area (Å²) in [7, 11) is -2.39. The van der Waals surface area contributed by atoms with Crippen molar-refractivity contribution in [2.75, 3.05) is 11.4 Å². The minimum atomic E-state index is -3.91. The van der Waals surface area contributed by atoms with E-state index in [-0.39, 0.29) is 11.3 Å². The van der Waals surface area contributed by atoms with Crippen LogP contribution in [0.2, 0.25) is 0 Å². The van der Waals surface area contributed by atoms with Crippen molar-refractivity contribution < 1.29 is 23.1 Å². The molecule has 0 amide bonds. The van der Waals surface area contributed by atoms with Crippen LogP contribution in [-0.2, 0) is 14.8 Å². The summed E-state index contributed by atoms with van der Waals surface area (Å²) in [6, 6.07) is 12.2. The van der Waals surface area contributed by atoms with Gasteiger partial charge in [0.15, 0.2) is 0 Å². The Kier molecular flexibility index (Phi) is 5.69. The van der Waals surface area contributed by atoms with Crippen molar-refractivity contribution in [3.05, 3.63) is 54.1 Å². The fraction of sp³-hybridized carbons (Fsp3) is 0.278. The molecule has 0 spiro atoms. The van der Waals surface area contributed by atoms with Crippen LogP contribution in [-0.4, -0.2) is 32.6 Å². The maximum absolute atomic E-state index is 13.1. The van der Waals surface area contributed by atoms with Gasteiger partial charge in [-0.3, -0.25) is 9.10 Å². The summed E-state index contributed by atoms with van der Waals surface area (Å²) in [5.74, 6) is -0.479. The van der Waals surface area contributed by atoms with Crippen molar-refractivity contribution >= 4 is 21.7 Å². The standard InChI is InChI=1S/C18H21NO5S/c1-13-4-10-17(11-5-13)25(22,23)19(14(2)12-18(20)21)15-6-8-16(24-3)9-7-15/h4-11,14H,12H2,1-3H3,(H,20,21)/t14-/m1/s1. The Hall–Kier alpha value is -2.54. The highest BCUT2D eigenvalue weighted by Gasteiger charge is 2.30. The van der Waals surface area contributed by atoms with E-state index >= 15 is 0 Å². The van der Waals surface area contributed by atoms with Gasteiger partial charge < -0.3 is 9.84 Å². The Morgan fingerprint density at radius 2 is 1.68 bits per heavy atom. The Morgan fingerprint density at radius 3 is 2.16 bits per heavy atom. The molecule has 0 radical (unpaired) electrons. The number of carbonyl (C=O) groups is 1. The van der Waals surface area contributed by atoms with Crippen LogP contribution in [0.25, 0.3) is 0 Å². The average Bonchev–Trinajstić information content (AvgIpc) is 2.55. The zero-order valence-electron chi connectivity index (χ0n) is 14.3. The molecule has 0 aromatic heterocycles. The molecule has 0 fully saturated rings. The van der Waals surface area contributed by atoms with E-state index < -0.39 is 22.0 Å². The third-order valence-corrected chi connectivity index (χ3v) is 5.73. The zero-order valence-corrected chi connectivity index (χ0v) is 15.2. The molecule has 2 aromatic rings. The van der Waals surface area contributed by atoms with E-state index in [4.69, 9.17) is 9.84 Å². The molecule has 0 heterocycles. The quantitative estimate of drug-likeness (QED) is 0.817. The minimum Gasteiger partial charge on any atom is -0.497 e. The van der Waals surface area contributed by atoms with E-state index in [0.29, 0.717) is 11.4 Å². The summed E-state index contributed by atoms with van der Waals surface area (Å²) in [6.07, 6.45) is -0.308. The summed E-state index contributed by atoms with van der Waals surface area (Å²) in [6.45, 7) is 3.44. The molecule has 25 heavy (non-hydrogen) atoms. The lowest BCUT2D eigenvalue weighted by Gasteiger charge is -2.30. The predicted molar refractivity (Wildman–Crippen MR) is 95.6 cm³/mol. The van der Waals surface area contributed by atoms with Gasteiger partial charge in [-0.25, -0.2) is 8.42 Å². The normalized spacial score (nSPS) is 12.4. The molecule has 1 atom stereocenters. The van der Waals surface area contributed by atoms with Crippen LogP contribution >= 0.6 is 0 Å². The topological polar surface area (TPSA) is 83.9 Å². The van der Waals surface area contributed by atoms with Crippen LogP contribution in [0.1, 0.15) is 18.9 Å². The SMILES string of the molecule is COc1ccc(N([C@H](C)CC(=O)O)S(=O)(=O)c2ccc(C)cc2)cc1. The van der Waals surface area contributed by atoms with Gasteiger partial charge in [-0.05, 0) is 50.2 Å². The van der Waals surface area contributed by atoms with Crippen molar-refractivity contribution in [2.24, 2.45) is 0 Å². The number of nitrogens with zero attached hydrogens (tertiary/aromatic N) is 1. The number of methoxy groups -OCH3 is 1. The third kappa shape index (κ3) is 4.30. The van der Waals surface area contributed by atoms with E-state index in [1.807, 2.05) is 6.92 Å². The van der Waals surface area contributed by atoms with Gasteiger partial charge in [-0.15, -0.1) is 0 Å². The van der Waals surface area contributed by atoms with Gasteiger partial charge in [0, 0.05) is 0 Å². The molecular formula is C18H21NO5S. The summed E-state index contributed by atoms with van der Waals surface area (Å²) in [5, 5.41) is 9.09. The highest BCUT2D eigenvalue weighted by Crippen LogP contribution is 2.29. The van der Waals surface area contributed by atoms with Crippen LogP contribution in [0.3, 0.4) is 0 Å². The predicted octanol–water partition coefficient (Wildman–Crippen LogP) is 3.06. The van der Waals surface area contributed by atoms with Gasteiger partial charge >= 0.3 is 5.97 Å². The first kappa shape index (κ1) is 18.8. The number of hydrogen-bond acceptors (Lipinski definition) is 4. The van der Waals surface area contributed by atoms with Gasteiger partial charge in [-0.1, -0.05) is 17.7 Å². The van der Waals surface area contributed by atoms with E-state index in [0.717, 1.165) is 9.87 Å². The Morgan fingerprint density at radius 1 is 1.12 bits per heavy atom. The third-order valence-electron chi connectivity index (χ3n) is 3.78. The molecule has 2 rings (SSSR count). The highest BCUT2D eigenvalue weighted by molar-refractivity contribution is 7.92. The van der Waals surface area contributed by atoms with Crippen LogP contribution in [0.5, 0.6) is 5.75 Å². The number of hydrogen-bond donors (Lipinski definition) is 1. The number of benzene rings is 2. The van der Waals surface area contributed by atoms with Crippen LogP contribution in [0.15, 0.2) is 53.4 Å². The number of ether oxygens (including phenoxy) is 1. The maximum atomic E-state index is 13.1. The summed E-state index contributed by atoms with van der Waals surface area (Å²) >= 11 is 0. The molecular weight excluding hydrogens is 342 g/mol. The first-order valence-electron chi connectivity index (χ1n) is 7.72. The number of rotatable bonds is 7. The maximum Gasteiger partial charge on any atom is 0.305 e. The van der Waals surface area contributed by atoms with Gasteiger partial charge in [0.05, 0.1) is 30.2 Å². The van der Waals surface area contributed by atoms with Gasteiger partial charge in [-0.2, -0.15) is 0 Å². The summed E-state index contributed by atoms with van der Waals surface area (Å²) in [4.78, 5) is 11.2. The van der Waals surface area contributed by atoms with Crippen molar-refractivity contribution in [1.29, 1.82) is 0 Å². The zero-order chi connectivity index (χ0) is 18.6. The largest absolute Gasteiger partial charge is 0.497 e. The smallest absolute Gasteiger partial charge is 0.305 e. The van der Waals surface area contributed by atoms with Crippen LogP contribution in [0, 0.1) is 6.92 Å². The first-order chi connectivity index (χ1) is 11.8. The number of aliphatic carboxylic acids is 1. The first-order valence-corrected chi connectivity index (χ1v) is 9.16. The van der Waals surface area contributed by atoms with E-state index in [1.54, 1.807) is 43.3 Å². The van der Waals surface area contributed by atoms with Crippen molar-refractivity contribution in [2.45, 2.75) is 31.2 Å². The Balaban J connectivity index is 2.52. The lowest BCUT2D eigenvalue weighted by molar-refractivity contribution is -0.137. The van der Waals surface area contributed by atoms with Gasteiger partial charge in [0.2, 0.25) is 0 Å². The van der Waals surface area contributed by atoms with E-state index in [2.05, 4.69) is 0 Å². The molecule has 0 bridgehead atoms. The molecule has 0 saturated carbocycles. The molecule has 0 unspecified atom stereocenters. The second-order valence-electron chi connectivity index (χ2n) is 5.76.